The number of nitrogens with one attached hydrogen (secondary N) is 1. The summed E-state index contributed by atoms with van der Waals surface area (Å²) in [5.74, 6) is -0.0784. The highest BCUT2D eigenvalue weighted by Crippen LogP contribution is 2.28. The number of allylic oxidation sites excluding steroid dienone is 3. The van der Waals surface area contributed by atoms with Gasteiger partial charge in [0.25, 0.3) is 11.8 Å². The Kier molecular flexibility index (Phi) is 4.47. The Morgan fingerprint density at radius 2 is 2.08 bits per heavy atom. The number of methoxy groups -OCH3 is 1. The molecule has 1 aliphatic rings. The van der Waals surface area contributed by atoms with Crippen LogP contribution in [0.3, 0.4) is 0 Å². The third-order valence-electron chi connectivity index (χ3n) is 4.06. The fourth-order valence-electron chi connectivity index (χ4n) is 2.69. The number of carbonyl (C=O) groups excluding carboxylic acids is 2. The molecule has 7 heteroatoms. The van der Waals surface area contributed by atoms with E-state index in [1.54, 1.807) is 13.2 Å². The van der Waals surface area contributed by atoms with Gasteiger partial charge in [-0.25, -0.2) is 4.98 Å². The van der Waals surface area contributed by atoms with Crippen molar-refractivity contribution >= 4 is 22.8 Å². The van der Waals surface area contributed by atoms with Crippen LogP contribution in [0.2, 0.25) is 0 Å². The van der Waals surface area contributed by atoms with Gasteiger partial charge in [-0.2, -0.15) is 5.10 Å². The van der Waals surface area contributed by atoms with Crippen LogP contribution in [0.5, 0.6) is 0 Å². The van der Waals surface area contributed by atoms with Gasteiger partial charge in [-0.1, -0.05) is 24.8 Å². The van der Waals surface area contributed by atoms with Gasteiger partial charge in [0.05, 0.1) is 29.8 Å². The smallest absolute Gasteiger partial charge is 0.263 e. The van der Waals surface area contributed by atoms with Gasteiger partial charge in [0, 0.05) is 12.7 Å². The quantitative estimate of drug-likeness (QED) is 0.476. The molecule has 0 bridgehead atoms. The van der Waals surface area contributed by atoms with E-state index in [0.29, 0.717) is 47.3 Å². The van der Waals surface area contributed by atoms with Gasteiger partial charge in [0.1, 0.15) is 5.76 Å². The zero-order chi connectivity index (χ0) is 18.0. The largest absolute Gasteiger partial charge is 0.497 e. The second-order valence-electron chi connectivity index (χ2n) is 5.71. The summed E-state index contributed by atoms with van der Waals surface area (Å²) in [5, 5.41) is 7.16. The number of pyridine rings is 1. The first-order valence-electron chi connectivity index (χ1n) is 7.80. The summed E-state index contributed by atoms with van der Waals surface area (Å²) >= 11 is 0. The molecule has 0 fully saturated rings. The minimum atomic E-state index is -0.315. The zero-order valence-corrected chi connectivity index (χ0v) is 13.9. The summed E-state index contributed by atoms with van der Waals surface area (Å²) < 4.78 is 4.95. The predicted molar refractivity (Wildman–Crippen MR) is 92.9 cm³/mol. The van der Waals surface area contributed by atoms with Gasteiger partial charge < -0.3 is 4.74 Å². The normalized spacial score (nSPS) is 13.7. The summed E-state index contributed by atoms with van der Waals surface area (Å²) in [7, 11) is 1.55. The van der Waals surface area contributed by atoms with Crippen molar-refractivity contribution in [3.05, 3.63) is 60.2 Å². The second kappa shape index (κ2) is 6.72. The lowest BCUT2D eigenvalue weighted by molar-refractivity contribution is 0.0653. The van der Waals surface area contributed by atoms with Crippen LogP contribution in [0.15, 0.2) is 49.0 Å². The first kappa shape index (κ1) is 16.6. The van der Waals surface area contributed by atoms with Crippen molar-refractivity contribution in [2.75, 3.05) is 13.7 Å². The van der Waals surface area contributed by atoms with Crippen LogP contribution < -0.4 is 0 Å². The van der Waals surface area contributed by atoms with Gasteiger partial charge in [-0.15, -0.1) is 0 Å². The van der Waals surface area contributed by atoms with Gasteiger partial charge in [-0.05, 0) is 18.9 Å². The fraction of sp³-hybridized carbons (Fsp3) is 0.222. The minimum Gasteiger partial charge on any atom is -0.497 e. The lowest BCUT2D eigenvalue weighted by Crippen LogP contribution is -2.30. The fourth-order valence-corrected chi connectivity index (χ4v) is 2.69. The molecule has 1 N–H and O–H groups in total. The molecule has 25 heavy (non-hydrogen) atoms. The van der Waals surface area contributed by atoms with Crippen molar-refractivity contribution in [2.45, 2.75) is 12.8 Å². The van der Waals surface area contributed by atoms with Crippen LogP contribution in [0.1, 0.15) is 33.6 Å². The number of amides is 2. The molecule has 2 aromatic rings. The van der Waals surface area contributed by atoms with Crippen molar-refractivity contribution in [2.24, 2.45) is 0 Å². The maximum absolute atomic E-state index is 12.6. The number of nitrogens with zero attached hydrogens (tertiary/aromatic N) is 3. The highest BCUT2D eigenvalue weighted by molar-refractivity contribution is 6.25. The molecule has 0 aromatic carbocycles. The molecule has 0 atom stereocenters. The van der Waals surface area contributed by atoms with Crippen molar-refractivity contribution < 1.29 is 14.3 Å². The lowest BCUT2D eigenvalue weighted by Gasteiger charge is -2.13. The summed E-state index contributed by atoms with van der Waals surface area (Å²) in [6.45, 7) is 7.96. The zero-order valence-electron chi connectivity index (χ0n) is 13.9. The Hall–Kier alpha value is -3.22. The van der Waals surface area contributed by atoms with E-state index in [1.807, 2.05) is 6.08 Å². The Balaban J connectivity index is 1.66. The Morgan fingerprint density at radius 1 is 1.28 bits per heavy atom. The van der Waals surface area contributed by atoms with E-state index in [0.717, 1.165) is 5.57 Å². The van der Waals surface area contributed by atoms with E-state index >= 15 is 0 Å². The minimum absolute atomic E-state index is 0.303. The molecule has 3 rings (SSSR count). The molecule has 0 radical (unpaired) electrons. The molecule has 7 nitrogen and oxygen atoms in total. The van der Waals surface area contributed by atoms with Crippen LogP contribution in [0.25, 0.3) is 11.0 Å². The van der Waals surface area contributed by atoms with E-state index in [-0.39, 0.29) is 11.8 Å². The molecular weight excluding hydrogens is 320 g/mol. The average molecular weight is 338 g/mol. The Bertz CT molecular complexity index is 910. The molecule has 2 amide bonds. The molecule has 0 saturated heterocycles. The number of rotatable bonds is 7. The van der Waals surface area contributed by atoms with Crippen LogP contribution in [-0.2, 0) is 4.74 Å². The Morgan fingerprint density at radius 3 is 2.84 bits per heavy atom. The number of H-pyrrole nitrogens is 1. The van der Waals surface area contributed by atoms with Crippen LogP contribution in [-0.4, -0.2) is 45.6 Å². The molecule has 0 spiro atoms. The van der Waals surface area contributed by atoms with Crippen LogP contribution >= 0.6 is 0 Å². The third-order valence-corrected chi connectivity index (χ3v) is 4.06. The van der Waals surface area contributed by atoms with Gasteiger partial charge in [-0.3, -0.25) is 19.6 Å². The predicted octanol–water partition coefficient (Wildman–Crippen LogP) is 2.61. The number of ether oxygens (including phenoxy) is 1. The number of aromatic amines is 1. The monoisotopic (exact) mass is 338 g/mol. The third kappa shape index (κ3) is 3.08. The van der Waals surface area contributed by atoms with Crippen molar-refractivity contribution in [1.82, 2.24) is 20.1 Å². The lowest BCUT2D eigenvalue weighted by atomic mass is 10.1. The maximum atomic E-state index is 12.6. The average Bonchev–Trinajstić information content (AvgIpc) is 3.17. The van der Waals surface area contributed by atoms with Gasteiger partial charge in [0.2, 0.25) is 0 Å². The first-order valence-corrected chi connectivity index (χ1v) is 7.80. The van der Waals surface area contributed by atoms with E-state index in [9.17, 15) is 9.59 Å². The van der Waals surface area contributed by atoms with Gasteiger partial charge >= 0.3 is 0 Å². The number of hydrogen-bond donors (Lipinski definition) is 1. The summed E-state index contributed by atoms with van der Waals surface area (Å²) in [6, 6.07) is 0. The van der Waals surface area contributed by atoms with E-state index in [2.05, 4.69) is 28.3 Å². The molecule has 0 unspecified atom stereocenters. The number of imide groups is 1. The molecule has 0 saturated carbocycles. The molecular formula is C18H18N4O3. The number of fused-ring (bicyclic) bond motifs is 3. The molecule has 1 aliphatic heterocycles. The van der Waals surface area contributed by atoms with Crippen molar-refractivity contribution in [1.29, 1.82) is 0 Å². The number of carbonyl (C=O) groups is 2. The van der Waals surface area contributed by atoms with Crippen LogP contribution in [0, 0.1) is 0 Å². The molecule has 3 heterocycles. The highest BCUT2D eigenvalue weighted by atomic mass is 16.5. The number of aromatic nitrogens is 3. The van der Waals surface area contributed by atoms with Gasteiger partial charge in [0.15, 0.2) is 5.65 Å². The Labute approximate surface area is 144 Å². The summed E-state index contributed by atoms with van der Waals surface area (Å²) in [6.07, 6.45) is 7.76. The van der Waals surface area contributed by atoms with Crippen LogP contribution in [0.4, 0.5) is 0 Å². The standard InChI is InChI=1S/C18H18N4O3/c1-11(6-7-12(2)25-3)5-4-8-22-17(23)14-9-19-16-13(10-20-21-16)15(14)18(22)24/h6-7,9-10H,1-2,4-5,8H2,3H3,(H,19,20,21)/b7-6-. The highest BCUT2D eigenvalue weighted by Gasteiger charge is 2.37. The van der Waals surface area contributed by atoms with Crippen molar-refractivity contribution in [3.8, 4) is 0 Å². The second-order valence-corrected chi connectivity index (χ2v) is 5.71. The van der Waals surface area contributed by atoms with E-state index < -0.39 is 0 Å². The summed E-state index contributed by atoms with van der Waals surface area (Å²) in [4.78, 5) is 30.5. The van der Waals surface area contributed by atoms with E-state index in [1.165, 1.54) is 17.3 Å². The molecule has 0 aliphatic carbocycles. The SMILES string of the molecule is C=C(/C=C\C(=C)OC)CCCN1C(=O)c2cnc3[nH]ncc3c2C1=O. The number of hydrogen-bond acceptors (Lipinski definition) is 5. The summed E-state index contributed by atoms with van der Waals surface area (Å²) in [5.41, 5.74) is 2.07. The maximum Gasteiger partial charge on any atom is 0.263 e. The molecule has 128 valence electrons. The van der Waals surface area contributed by atoms with E-state index in [4.69, 9.17) is 4.74 Å². The first-order chi connectivity index (χ1) is 12.0. The van der Waals surface area contributed by atoms with Crippen molar-refractivity contribution in [3.63, 3.8) is 0 Å². The molecule has 2 aromatic heterocycles. The topological polar surface area (TPSA) is 88.2 Å².